The predicted molar refractivity (Wildman–Crippen MR) is 69.5 cm³/mol. The van der Waals surface area contributed by atoms with E-state index in [9.17, 15) is 14.4 Å². The predicted octanol–water partition coefficient (Wildman–Crippen LogP) is 1.34. The van der Waals surface area contributed by atoms with Gasteiger partial charge in [-0.15, -0.1) is 0 Å². The summed E-state index contributed by atoms with van der Waals surface area (Å²) >= 11 is 0. The van der Waals surface area contributed by atoms with Gasteiger partial charge in [-0.2, -0.15) is 0 Å². The highest BCUT2D eigenvalue weighted by molar-refractivity contribution is 5.83. The van der Waals surface area contributed by atoms with Gasteiger partial charge in [0.2, 0.25) is 5.91 Å². The number of hydrogen-bond donors (Lipinski definition) is 2. The minimum absolute atomic E-state index is 0.0107. The first-order chi connectivity index (χ1) is 8.54. The Morgan fingerprint density at radius 1 is 1.11 bits per heavy atom. The molecular weight excluding hydrogens is 250 g/mol. The average Bonchev–Trinajstić information content (AvgIpc) is 2.25. The maximum atomic E-state index is 11.7. The van der Waals surface area contributed by atoms with Crippen molar-refractivity contribution in [3.63, 3.8) is 0 Å². The second-order valence-corrected chi connectivity index (χ2v) is 5.41. The lowest BCUT2D eigenvalue weighted by Crippen LogP contribution is -2.57. The van der Waals surface area contributed by atoms with E-state index in [1.54, 1.807) is 34.6 Å². The van der Waals surface area contributed by atoms with Crippen LogP contribution in [0.15, 0.2) is 0 Å². The van der Waals surface area contributed by atoms with Crippen molar-refractivity contribution in [2.24, 2.45) is 5.41 Å². The fourth-order valence-corrected chi connectivity index (χ4v) is 1.28. The van der Waals surface area contributed by atoms with Crippen molar-refractivity contribution < 1.29 is 24.2 Å². The van der Waals surface area contributed by atoms with Crippen LogP contribution in [0.4, 0.5) is 0 Å². The number of ether oxygens (including phenoxy) is 1. The van der Waals surface area contributed by atoms with Crippen molar-refractivity contribution in [2.45, 2.75) is 53.0 Å². The molecule has 0 saturated heterocycles. The minimum atomic E-state index is -1.12. The Kier molecular flexibility index (Phi) is 5.99. The molecule has 110 valence electrons. The van der Waals surface area contributed by atoms with Crippen LogP contribution in [0.25, 0.3) is 0 Å². The third-order valence-corrected chi connectivity index (χ3v) is 3.41. The normalized spacial score (nSPS) is 11.8. The zero-order valence-electron chi connectivity index (χ0n) is 12.2. The van der Waals surface area contributed by atoms with E-state index in [4.69, 9.17) is 9.84 Å². The van der Waals surface area contributed by atoms with E-state index in [0.29, 0.717) is 0 Å². The molecule has 1 amide bonds. The topological polar surface area (TPSA) is 92.7 Å². The lowest BCUT2D eigenvalue weighted by Gasteiger charge is -2.38. The van der Waals surface area contributed by atoms with Gasteiger partial charge < -0.3 is 15.2 Å². The summed E-state index contributed by atoms with van der Waals surface area (Å²) in [5.74, 6) is -1.80. The van der Waals surface area contributed by atoms with Gasteiger partial charge in [0.05, 0.1) is 18.4 Å². The number of hydrogen-bond acceptors (Lipinski definition) is 4. The molecule has 0 aromatic rings. The molecule has 0 atom stereocenters. The molecule has 0 aromatic carbocycles. The number of amides is 1. The van der Waals surface area contributed by atoms with Crippen LogP contribution in [0.3, 0.4) is 0 Å². The Bertz CT molecular complexity index is 360. The van der Waals surface area contributed by atoms with E-state index >= 15 is 0 Å². The molecule has 0 aliphatic heterocycles. The van der Waals surface area contributed by atoms with Crippen molar-refractivity contribution in [1.29, 1.82) is 0 Å². The molecule has 0 rings (SSSR count). The number of carbonyl (C=O) groups excluding carboxylic acids is 2. The van der Waals surface area contributed by atoms with Crippen LogP contribution in [-0.4, -0.2) is 35.1 Å². The van der Waals surface area contributed by atoms with E-state index in [2.05, 4.69) is 5.32 Å². The standard InChI is InChI=1S/C13H23NO5/c1-6-19-10(16)8-7-9(15)14-13(4,5)12(2,3)11(17)18/h6-8H2,1-5H3,(H,14,15)(H,17,18). The molecule has 6 heteroatoms. The summed E-state index contributed by atoms with van der Waals surface area (Å²) in [5.41, 5.74) is -2.04. The Hall–Kier alpha value is -1.59. The molecular formula is C13H23NO5. The Morgan fingerprint density at radius 2 is 1.63 bits per heavy atom. The van der Waals surface area contributed by atoms with Gasteiger partial charge in [0.15, 0.2) is 0 Å². The second kappa shape index (κ2) is 6.54. The summed E-state index contributed by atoms with van der Waals surface area (Å²) < 4.78 is 4.71. The van der Waals surface area contributed by atoms with Crippen LogP contribution in [0, 0.1) is 5.41 Å². The van der Waals surface area contributed by atoms with Crippen LogP contribution in [0.1, 0.15) is 47.5 Å². The summed E-state index contributed by atoms with van der Waals surface area (Å²) in [5, 5.41) is 11.8. The van der Waals surface area contributed by atoms with Gasteiger partial charge in [0.1, 0.15) is 0 Å². The summed E-state index contributed by atoms with van der Waals surface area (Å²) in [6.07, 6.45) is -0.0266. The molecule has 0 bridgehead atoms. The Balaban J connectivity index is 4.47. The number of carbonyl (C=O) groups is 3. The highest BCUT2D eigenvalue weighted by Gasteiger charge is 2.44. The van der Waals surface area contributed by atoms with Gasteiger partial charge in [0.25, 0.3) is 0 Å². The van der Waals surface area contributed by atoms with Crippen molar-refractivity contribution in [2.75, 3.05) is 6.61 Å². The van der Waals surface area contributed by atoms with Crippen molar-refractivity contribution in [3.05, 3.63) is 0 Å². The summed E-state index contributed by atoms with van der Waals surface area (Å²) in [6.45, 7) is 8.34. The monoisotopic (exact) mass is 273 g/mol. The van der Waals surface area contributed by atoms with E-state index in [0.717, 1.165) is 0 Å². The fourth-order valence-electron chi connectivity index (χ4n) is 1.28. The van der Waals surface area contributed by atoms with Gasteiger partial charge in [-0.1, -0.05) is 0 Å². The molecule has 0 aliphatic carbocycles. The lowest BCUT2D eigenvalue weighted by molar-refractivity contribution is -0.152. The van der Waals surface area contributed by atoms with Crippen molar-refractivity contribution in [3.8, 4) is 0 Å². The van der Waals surface area contributed by atoms with Crippen molar-refractivity contribution in [1.82, 2.24) is 5.32 Å². The molecule has 0 heterocycles. The molecule has 0 aromatic heterocycles. The number of esters is 1. The molecule has 0 radical (unpaired) electrons. The smallest absolute Gasteiger partial charge is 0.311 e. The van der Waals surface area contributed by atoms with Gasteiger partial charge >= 0.3 is 11.9 Å². The average molecular weight is 273 g/mol. The van der Waals surface area contributed by atoms with E-state index in [1.807, 2.05) is 0 Å². The van der Waals surface area contributed by atoms with Crippen LogP contribution in [0.5, 0.6) is 0 Å². The summed E-state index contributed by atoms with van der Waals surface area (Å²) in [6, 6.07) is 0. The molecule has 0 aliphatic rings. The first-order valence-corrected chi connectivity index (χ1v) is 6.24. The third-order valence-electron chi connectivity index (χ3n) is 3.41. The van der Waals surface area contributed by atoms with E-state index in [-0.39, 0.29) is 25.4 Å². The van der Waals surface area contributed by atoms with Gasteiger partial charge in [-0.25, -0.2) is 0 Å². The highest BCUT2D eigenvalue weighted by atomic mass is 16.5. The van der Waals surface area contributed by atoms with Gasteiger partial charge in [-0.05, 0) is 34.6 Å². The molecule has 0 spiro atoms. The number of rotatable bonds is 7. The summed E-state index contributed by atoms with van der Waals surface area (Å²) in [4.78, 5) is 34.0. The third kappa shape index (κ3) is 4.89. The minimum Gasteiger partial charge on any atom is -0.481 e. The van der Waals surface area contributed by atoms with Crippen molar-refractivity contribution >= 4 is 17.8 Å². The number of carboxylic acids is 1. The molecule has 2 N–H and O–H groups in total. The molecule has 0 unspecified atom stereocenters. The molecule has 19 heavy (non-hydrogen) atoms. The molecule has 0 saturated carbocycles. The van der Waals surface area contributed by atoms with E-state index < -0.39 is 22.9 Å². The van der Waals surface area contributed by atoms with Crippen LogP contribution >= 0.6 is 0 Å². The van der Waals surface area contributed by atoms with Gasteiger partial charge in [-0.3, -0.25) is 14.4 Å². The largest absolute Gasteiger partial charge is 0.481 e. The first kappa shape index (κ1) is 17.4. The van der Waals surface area contributed by atoms with Gasteiger partial charge in [0, 0.05) is 12.0 Å². The second-order valence-electron chi connectivity index (χ2n) is 5.41. The van der Waals surface area contributed by atoms with E-state index in [1.165, 1.54) is 0 Å². The van der Waals surface area contributed by atoms with Crippen LogP contribution in [0.2, 0.25) is 0 Å². The zero-order valence-corrected chi connectivity index (χ0v) is 12.2. The quantitative estimate of drug-likeness (QED) is 0.683. The molecule has 6 nitrogen and oxygen atoms in total. The highest BCUT2D eigenvalue weighted by Crippen LogP contribution is 2.30. The lowest BCUT2D eigenvalue weighted by atomic mass is 9.74. The Labute approximate surface area is 113 Å². The maximum Gasteiger partial charge on any atom is 0.311 e. The van der Waals surface area contributed by atoms with Crippen LogP contribution in [-0.2, 0) is 19.1 Å². The van der Waals surface area contributed by atoms with Crippen LogP contribution < -0.4 is 5.32 Å². The number of aliphatic carboxylic acids is 1. The summed E-state index contributed by atoms with van der Waals surface area (Å²) in [7, 11) is 0. The fraction of sp³-hybridized carbons (Fsp3) is 0.769. The first-order valence-electron chi connectivity index (χ1n) is 6.24. The number of carboxylic acid groups (broad SMARTS) is 1. The molecule has 0 fully saturated rings. The maximum absolute atomic E-state index is 11.7. The Morgan fingerprint density at radius 3 is 2.05 bits per heavy atom. The number of nitrogens with one attached hydrogen (secondary N) is 1. The SMILES string of the molecule is CCOC(=O)CCC(=O)NC(C)(C)C(C)(C)C(=O)O. The zero-order chi connectivity index (χ0) is 15.3.